The molecule has 2 N–H and O–H groups in total. The van der Waals surface area contributed by atoms with Gasteiger partial charge in [0.2, 0.25) is 5.91 Å². The number of carbonyl (C=O) groups excluding carboxylic acids is 1. The number of hydrogen-bond acceptors (Lipinski definition) is 3. The minimum atomic E-state index is -0.310. The molecule has 1 fully saturated rings. The Balaban J connectivity index is 2.35. The molecule has 1 amide bonds. The average molecular weight is 255 g/mol. The molecule has 0 radical (unpaired) electrons. The molecule has 0 spiro atoms. The highest BCUT2D eigenvalue weighted by Crippen LogP contribution is 2.19. The van der Waals surface area contributed by atoms with Crippen LogP contribution in [0.5, 0.6) is 0 Å². The van der Waals surface area contributed by atoms with Crippen LogP contribution in [0.4, 0.5) is 0 Å². The number of hydrogen-bond donors (Lipinski definition) is 1. The predicted molar refractivity (Wildman–Crippen MR) is 75.3 cm³/mol. The van der Waals surface area contributed by atoms with E-state index in [-0.39, 0.29) is 11.9 Å². The molecule has 0 aliphatic carbocycles. The summed E-state index contributed by atoms with van der Waals surface area (Å²) < 4.78 is 0. The highest BCUT2D eigenvalue weighted by Gasteiger charge is 2.26. The quantitative estimate of drug-likeness (QED) is 0.802. The van der Waals surface area contributed by atoms with E-state index in [4.69, 9.17) is 5.73 Å². The lowest BCUT2D eigenvalue weighted by atomic mass is 9.95. The van der Waals surface area contributed by atoms with Gasteiger partial charge in [-0.1, -0.05) is 13.8 Å². The van der Waals surface area contributed by atoms with Gasteiger partial charge in [-0.3, -0.25) is 4.79 Å². The second-order valence-electron chi connectivity index (χ2n) is 6.27. The van der Waals surface area contributed by atoms with Crippen LogP contribution >= 0.6 is 0 Å². The fourth-order valence-corrected chi connectivity index (χ4v) is 2.70. The van der Waals surface area contributed by atoms with Crippen molar-refractivity contribution in [1.82, 2.24) is 9.80 Å². The third-order valence-electron chi connectivity index (χ3n) is 3.59. The summed E-state index contributed by atoms with van der Waals surface area (Å²) in [5, 5.41) is 0. The number of amides is 1. The topological polar surface area (TPSA) is 49.6 Å². The summed E-state index contributed by atoms with van der Waals surface area (Å²) in [5.74, 6) is 1.35. The molecule has 1 aliphatic heterocycles. The van der Waals surface area contributed by atoms with Crippen LogP contribution < -0.4 is 5.73 Å². The number of carbonyl (C=O) groups is 1. The molecule has 1 rings (SSSR count). The smallest absolute Gasteiger partial charge is 0.239 e. The van der Waals surface area contributed by atoms with Gasteiger partial charge in [-0.2, -0.15) is 0 Å². The van der Waals surface area contributed by atoms with Crippen LogP contribution in [0.25, 0.3) is 0 Å². The maximum absolute atomic E-state index is 12.2. The maximum Gasteiger partial charge on any atom is 0.239 e. The Labute approximate surface area is 111 Å². The minimum absolute atomic E-state index is 0.145. The van der Waals surface area contributed by atoms with E-state index in [2.05, 4.69) is 32.8 Å². The molecule has 0 aromatic rings. The highest BCUT2D eigenvalue weighted by atomic mass is 16.2. The van der Waals surface area contributed by atoms with Gasteiger partial charge in [0.1, 0.15) is 0 Å². The predicted octanol–water partition coefficient (Wildman–Crippen LogP) is 1.16. The summed E-state index contributed by atoms with van der Waals surface area (Å²) in [6.45, 7) is 7.10. The second-order valence-corrected chi connectivity index (χ2v) is 6.27. The van der Waals surface area contributed by atoms with Crippen LogP contribution in [0.3, 0.4) is 0 Å². The van der Waals surface area contributed by atoms with Gasteiger partial charge in [0, 0.05) is 19.6 Å². The van der Waals surface area contributed by atoms with Gasteiger partial charge >= 0.3 is 0 Å². The number of piperidine rings is 1. The van der Waals surface area contributed by atoms with Crippen LogP contribution in [-0.2, 0) is 4.79 Å². The third kappa shape index (κ3) is 4.94. The number of nitrogens with zero attached hydrogens (tertiary/aromatic N) is 2. The molecule has 0 unspecified atom stereocenters. The summed E-state index contributed by atoms with van der Waals surface area (Å²) in [4.78, 5) is 16.3. The van der Waals surface area contributed by atoms with E-state index in [9.17, 15) is 4.79 Å². The van der Waals surface area contributed by atoms with Crippen LogP contribution in [0, 0.1) is 11.8 Å². The zero-order chi connectivity index (χ0) is 13.7. The molecule has 0 bridgehead atoms. The SMILES string of the molecule is CC(C)C[C@@H](N)C(=O)N1CCC(CN(C)C)CC1. The van der Waals surface area contributed by atoms with Crippen molar-refractivity contribution in [2.75, 3.05) is 33.7 Å². The first-order valence-electron chi connectivity index (χ1n) is 7.09. The standard InChI is InChI=1S/C14H29N3O/c1-11(2)9-13(15)14(18)17-7-5-12(6-8-17)10-16(3)4/h11-13H,5-10,15H2,1-4H3/t13-/m1/s1. The Morgan fingerprint density at radius 3 is 2.33 bits per heavy atom. The van der Waals surface area contributed by atoms with Gasteiger partial charge in [0.25, 0.3) is 0 Å². The molecule has 1 atom stereocenters. The van der Waals surface area contributed by atoms with Gasteiger partial charge in [0.05, 0.1) is 6.04 Å². The zero-order valence-electron chi connectivity index (χ0n) is 12.4. The van der Waals surface area contributed by atoms with Crippen LogP contribution in [0.1, 0.15) is 33.1 Å². The second kappa shape index (κ2) is 7.10. The summed E-state index contributed by atoms with van der Waals surface area (Å²) in [7, 11) is 4.21. The van der Waals surface area contributed by atoms with Crippen LogP contribution in [0.15, 0.2) is 0 Å². The molecule has 1 saturated heterocycles. The van der Waals surface area contributed by atoms with Crippen molar-refractivity contribution in [3.05, 3.63) is 0 Å². The van der Waals surface area contributed by atoms with E-state index in [1.807, 2.05) is 4.90 Å². The van der Waals surface area contributed by atoms with Gasteiger partial charge in [-0.25, -0.2) is 0 Å². The monoisotopic (exact) mass is 255 g/mol. The van der Waals surface area contributed by atoms with Gasteiger partial charge in [-0.05, 0) is 45.2 Å². The molecule has 4 heteroatoms. The van der Waals surface area contributed by atoms with Crippen molar-refractivity contribution in [2.24, 2.45) is 17.6 Å². The molecule has 1 aliphatic rings. The van der Waals surface area contributed by atoms with E-state index in [0.29, 0.717) is 5.92 Å². The molecular formula is C14H29N3O. The van der Waals surface area contributed by atoms with E-state index in [1.54, 1.807) is 0 Å². The number of rotatable bonds is 5. The van der Waals surface area contributed by atoms with E-state index >= 15 is 0 Å². The van der Waals surface area contributed by atoms with Crippen molar-refractivity contribution in [1.29, 1.82) is 0 Å². The maximum atomic E-state index is 12.2. The van der Waals surface area contributed by atoms with Gasteiger partial charge < -0.3 is 15.5 Å². The van der Waals surface area contributed by atoms with E-state index in [1.165, 1.54) is 0 Å². The largest absolute Gasteiger partial charge is 0.341 e. The highest BCUT2D eigenvalue weighted by molar-refractivity contribution is 5.81. The summed E-state index contributed by atoms with van der Waals surface area (Å²) in [5.41, 5.74) is 5.96. The fraction of sp³-hybridized carbons (Fsp3) is 0.929. The Morgan fingerprint density at radius 2 is 1.89 bits per heavy atom. The molecule has 18 heavy (non-hydrogen) atoms. The Bertz CT molecular complexity index is 258. The van der Waals surface area contributed by atoms with Crippen molar-refractivity contribution in [3.63, 3.8) is 0 Å². The average Bonchev–Trinajstić information content (AvgIpc) is 2.27. The molecule has 0 saturated carbocycles. The summed E-state index contributed by atoms with van der Waals surface area (Å²) >= 11 is 0. The lowest BCUT2D eigenvalue weighted by Gasteiger charge is -2.34. The van der Waals surface area contributed by atoms with Gasteiger partial charge in [0.15, 0.2) is 0 Å². The first-order chi connectivity index (χ1) is 8.40. The molecule has 106 valence electrons. The van der Waals surface area contributed by atoms with E-state index in [0.717, 1.165) is 44.8 Å². The van der Waals surface area contributed by atoms with E-state index < -0.39 is 0 Å². The minimum Gasteiger partial charge on any atom is -0.341 e. The molecule has 0 aromatic heterocycles. The Morgan fingerprint density at radius 1 is 1.33 bits per heavy atom. The molecule has 0 aromatic carbocycles. The lowest BCUT2D eigenvalue weighted by Crippen LogP contribution is -2.48. The summed E-state index contributed by atoms with van der Waals surface area (Å²) in [6.07, 6.45) is 3.01. The van der Waals surface area contributed by atoms with Crippen molar-refractivity contribution < 1.29 is 4.79 Å². The number of nitrogens with two attached hydrogens (primary N) is 1. The first kappa shape index (κ1) is 15.4. The number of likely N-dealkylation sites (tertiary alicyclic amines) is 1. The Hall–Kier alpha value is -0.610. The first-order valence-corrected chi connectivity index (χ1v) is 7.09. The molecule has 4 nitrogen and oxygen atoms in total. The third-order valence-corrected chi connectivity index (χ3v) is 3.59. The molecule has 1 heterocycles. The van der Waals surface area contributed by atoms with Gasteiger partial charge in [-0.15, -0.1) is 0 Å². The summed E-state index contributed by atoms with van der Waals surface area (Å²) in [6, 6.07) is -0.310. The zero-order valence-corrected chi connectivity index (χ0v) is 12.4. The normalized spacial score (nSPS) is 19.6. The van der Waals surface area contributed by atoms with Crippen LogP contribution in [0.2, 0.25) is 0 Å². The van der Waals surface area contributed by atoms with Crippen molar-refractivity contribution >= 4 is 5.91 Å². The lowest BCUT2D eigenvalue weighted by molar-refractivity contribution is -0.134. The van der Waals surface area contributed by atoms with Crippen LogP contribution in [-0.4, -0.2) is 55.5 Å². The van der Waals surface area contributed by atoms with Crippen molar-refractivity contribution in [2.45, 2.75) is 39.2 Å². The fourth-order valence-electron chi connectivity index (χ4n) is 2.70. The Kier molecular flexibility index (Phi) is 6.09. The van der Waals surface area contributed by atoms with Crippen molar-refractivity contribution in [3.8, 4) is 0 Å². The molecular weight excluding hydrogens is 226 g/mol.